The highest BCUT2D eigenvalue weighted by Gasteiger charge is 2.39. The molecule has 1 saturated heterocycles. The lowest BCUT2D eigenvalue weighted by atomic mass is 10.0. The molecule has 0 radical (unpaired) electrons. The van der Waals surface area contributed by atoms with Crippen LogP contribution in [0.2, 0.25) is 0 Å². The number of anilines is 1. The standard InChI is InChI=1S/C26H30N4O3/c31-23(11-10-19-5-1-2-6-19)29-15-13-28(14-16-29)22-9-3-8-21-24(22)26(33)30(25(21)32)18-20-7-4-12-27-17-20/h3-4,7-9,12,17,19H,1-2,5-6,10-11,13-16,18H2. The number of benzene rings is 1. The molecule has 3 aliphatic rings. The van der Waals surface area contributed by atoms with Gasteiger partial charge in [0.15, 0.2) is 0 Å². The van der Waals surface area contributed by atoms with E-state index < -0.39 is 0 Å². The second-order valence-electron chi connectivity index (χ2n) is 9.31. The Balaban J connectivity index is 1.24. The van der Waals surface area contributed by atoms with Crippen molar-refractivity contribution in [1.29, 1.82) is 0 Å². The molecular formula is C26H30N4O3. The summed E-state index contributed by atoms with van der Waals surface area (Å²) < 4.78 is 0. The van der Waals surface area contributed by atoms with E-state index >= 15 is 0 Å². The van der Waals surface area contributed by atoms with E-state index in [0.717, 1.165) is 23.6 Å². The normalized spacial score (nSPS) is 18.8. The fourth-order valence-electron chi connectivity index (χ4n) is 5.38. The van der Waals surface area contributed by atoms with Gasteiger partial charge < -0.3 is 9.80 Å². The van der Waals surface area contributed by atoms with Crippen LogP contribution in [0.15, 0.2) is 42.7 Å². The highest BCUT2D eigenvalue weighted by Crippen LogP contribution is 2.33. The van der Waals surface area contributed by atoms with Gasteiger partial charge in [0.25, 0.3) is 11.8 Å². The molecule has 33 heavy (non-hydrogen) atoms. The topological polar surface area (TPSA) is 73.8 Å². The molecule has 2 aromatic rings. The molecule has 0 unspecified atom stereocenters. The molecule has 1 aromatic carbocycles. The van der Waals surface area contributed by atoms with Gasteiger partial charge in [-0.15, -0.1) is 0 Å². The molecule has 5 rings (SSSR count). The summed E-state index contributed by atoms with van der Waals surface area (Å²) >= 11 is 0. The van der Waals surface area contributed by atoms with Crippen LogP contribution in [-0.2, 0) is 11.3 Å². The van der Waals surface area contributed by atoms with Crippen LogP contribution in [0.5, 0.6) is 0 Å². The van der Waals surface area contributed by atoms with E-state index in [4.69, 9.17) is 0 Å². The van der Waals surface area contributed by atoms with Crippen LogP contribution in [0.4, 0.5) is 5.69 Å². The fraction of sp³-hybridized carbons (Fsp3) is 0.462. The molecule has 0 bridgehead atoms. The number of amides is 3. The number of nitrogens with zero attached hydrogens (tertiary/aromatic N) is 4. The van der Waals surface area contributed by atoms with Crippen LogP contribution in [0.1, 0.15) is 64.8 Å². The Morgan fingerprint density at radius 1 is 0.970 bits per heavy atom. The number of imide groups is 1. The van der Waals surface area contributed by atoms with E-state index in [1.165, 1.54) is 30.6 Å². The quantitative estimate of drug-likeness (QED) is 0.635. The van der Waals surface area contributed by atoms with Crippen molar-refractivity contribution in [3.8, 4) is 0 Å². The average molecular weight is 447 g/mol. The number of fused-ring (bicyclic) bond motifs is 1. The van der Waals surface area contributed by atoms with Crippen molar-refractivity contribution in [1.82, 2.24) is 14.8 Å². The molecule has 172 valence electrons. The Hall–Kier alpha value is -3.22. The molecule has 2 aliphatic heterocycles. The van der Waals surface area contributed by atoms with Gasteiger partial charge in [-0.1, -0.05) is 37.8 Å². The summed E-state index contributed by atoms with van der Waals surface area (Å²) in [5.74, 6) is 0.444. The van der Waals surface area contributed by atoms with Gasteiger partial charge in [-0.05, 0) is 36.1 Å². The average Bonchev–Trinajstić information content (AvgIpc) is 3.46. The molecule has 3 heterocycles. The zero-order chi connectivity index (χ0) is 22.8. The zero-order valence-corrected chi connectivity index (χ0v) is 18.9. The molecule has 2 fully saturated rings. The molecule has 7 heteroatoms. The molecule has 3 amide bonds. The lowest BCUT2D eigenvalue weighted by molar-refractivity contribution is -0.131. The lowest BCUT2D eigenvalue weighted by Gasteiger charge is -2.37. The second-order valence-corrected chi connectivity index (χ2v) is 9.31. The number of hydrogen-bond acceptors (Lipinski definition) is 5. The lowest BCUT2D eigenvalue weighted by Crippen LogP contribution is -2.49. The minimum Gasteiger partial charge on any atom is -0.367 e. The third-order valence-corrected chi connectivity index (χ3v) is 7.25. The van der Waals surface area contributed by atoms with Crippen molar-refractivity contribution in [2.45, 2.75) is 45.1 Å². The van der Waals surface area contributed by atoms with E-state index in [-0.39, 0.29) is 24.3 Å². The van der Waals surface area contributed by atoms with Crippen LogP contribution >= 0.6 is 0 Å². The summed E-state index contributed by atoms with van der Waals surface area (Å²) in [7, 11) is 0. The maximum Gasteiger partial charge on any atom is 0.263 e. The number of carbonyl (C=O) groups is 3. The van der Waals surface area contributed by atoms with Gasteiger partial charge in [-0.3, -0.25) is 24.3 Å². The van der Waals surface area contributed by atoms with Crippen LogP contribution in [0.3, 0.4) is 0 Å². The minimum atomic E-state index is -0.263. The summed E-state index contributed by atoms with van der Waals surface area (Å²) in [5.41, 5.74) is 2.54. The van der Waals surface area contributed by atoms with Crippen LogP contribution < -0.4 is 4.90 Å². The number of piperazine rings is 1. The summed E-state index contributed by atoms with van der Waals surface area (Å²) in [6.45, 7) is 2.83. The van der Waals surface area contributed by atoms with Crippen molar-refractivity contribution in [3.63, 3.8) is 0 Å². The van der Waals surface area contributed by atoms with Gasteiger partial charge in [-0.25, -0.2) is 0 Å². The smallest absolute Gasteiger partial charge is 0.263 e. The summed E-state index contributed by atoms with van der Waals surface area (Å²) in [6, 6.07) is 9.14. The van der Waals surface area contributed by atoms with E-state index in [0.29, 0.717) is 43.7 Å². The third kappa shape index (κ3) is 4.36. The van der Waals surface area contributed by atoms with Gasteiger partial charge in [0, 0.05) is 45.0 Å². The predicted molar refractivity (Wildman–Crippen MR) is 125 cm³/mol. The molecule has 1 aromatic heterocycles. The van der Waals surface area contributed by atoms with Crippen molar-refractivity contribution in [2.24, 2.45) is 5.92 Å². The number of rotatable bonds is 6. The Morgan fingerprint density at radius 3 is 2.48 bits per heavy atom. The van der Waals surface area contributed by atoms with Crippen LogP contribution in [-0.4, -0.2) is 58.7 Å². The van der Waals surface area contributed by atoms with E-state index in [1.807, 2.05) is 23.1 Å². The van der Waals surface area contributed by atoms with Crippen molar-refractivity contribution < 1.29 is 14.4 Å². The Labute approximate surface area is 194 Å². The van der Waals surface area contributed by atoms with Crippen molar-refractivity contribution in [2.75, 3.05) is 31.1 Å². The maximum atomic E-state index is 13.3. The summed E-state index contributed by atoms with van der Waals surface area (Å²) in [6.07, 6.45) is 10.1. The Bertz CT molecular complexity index is 1040. The molecular weight excluding hydrogens is 416 g/mol. The monoisotopic (exact) mass is 446 g/mol. The molecule has 1 aliphatic carbocycles. The third-order valence-electron chi connectivity index (χ3n) is 7.25. The van der Waals surface area contributed by atoms with Gasteiger partial charge in [0.05, 0.1) is 23.4 Å². The van der Waals surface area contributed by atoms with Gasteiger partial charge in [-0.2, -0.15) is 0 Å². The van der Waals surface area contributed by atoms with Crippen molar-refractivity contribution >= 4 is 23.4 Å². The highest BCUT2D eigenvalue weighted by atomic mass is 16.2. The van der Waals surface area contributed by atoms with Crippen molar-refractivity contribution in [3.05, 3.63) is 59.4 Å². The largest absolute Gasteiger partial charge is 0.367 e. The number of aromatic nitrogens is 1. The first kappa shape index (κ1) is 21.6. The van der Waals surface area contributed by atoms with E-state index in [1.54, 1.807) is 24.5 Å². The first-order chi connectivity index (χ1) is 16.1. The van der Waals surface area contributed by atoms with Gasteiger partial charge in [0.1, 0.15) is 0 Å². The van der Waals surface area contributed by atoms with E-state index in [9.17, 15) is 14.4 Å². The Kier molecular flexibility index (Phi) is 6.11. The number of hydrogen-bond donors (Lipinski definition) is 0. The van der Waals surface area contributed by atoms with Gasteiger partial charge in [0.2, 0.25) is 5.91 Å². The first-order valence-corrected chi connectivity index (χ1v) is 12.0. The zero-order valence-electron chi connectivity index (χ0n) is 18.9. The van der Waals surface area contributed by atoms with E-state index in [2.05, 4.69) is 9.88 Å². The summed E-state index contributed by atoms with van der Waals surface area (Å²) in [5, 5.41) is 0. The molecule has 7 nitrogen and oxygen atoms in total. The number of pyridine rings is 1. The molecule has 1 saturated carbocycles. The maximum absolute atomic E-state index is 13.3. The molecule has 0 atom stereocenters. The minimum absolute atomic E-state index is 0.211. The SMILES string of the molecule is O=C(CCC1CCCC1)N1CCN(c2cccc3c2C(=O)N(Cc2cccnc2)C3=O)CC1. The molecule has 0 N–H and O–H groups in total. The fourth-order valence-corrected chi connectivity index (χ4v) is 5.38. The Morgan fingerprint density at radius 2 is 1.76 bits per heavy atom. The number of carbonyl (C=O) groups excluding carboxylic acids is 3. The first-order valence-electron chi connectivity index (χ1n) is 12.0. The highest BCUT2D eigenvalue weighted by molar-refractivity contribution is 6.23. The van der Waals surface area contributed by atoms with Crippen LogP contribution in [0.25, 0.3) is 0 Å². The molecule has 0 spiro atoms. The predicted octanol–water partition coefficient (Wildman–Crippen LogP) is 3.50. The van der Waals surface area contributed by atoms with Gasteiger partial charge >= 0.3 is 0 Å². The summed E-state index contributed by atoms with van der Waals surface area (Å²) in [4.78, 5) is 48.4. The second kappa shape index (κ2) is 9.33. The van der Waals surface area contributed by atoms with Crippen LogP contribution in [0, 0.1) is 5.92 Å².